The van der Waals surface area contributed by atoms with Crippen molar-refractivity contribution in [1.29, 1.82) is 0 Å². The molecule has 1 N–H and O–H groups in total. The summed E-state index contributed by atoms with van der Waals surface area (Å²) in [4.78, 5) is 42.0. The summed E-state index contributed by atoms with van der Waals surface area (Å²) >= 11 is 0. The lowest BCUT2D eigenvalue weighted by Gasteiger charge is -2.41. The first-order chi connectivity index (χ1) is 17.3. The molecule has 0 unspecified atom stereocenters. The van der Waals surface area contributed by atoms with Crippen molar-refractivity contribution >= 4 is 23.9 Å². The molecule has 2 heterocycles. The Morgan fingerprint density at radius 3 is 2.50 bits per heavy atom. The predicted octanol–water partition coefficient (Wildman–Crippen LogP) is 3.40. The molecular formula is C27H29F2N3O4. The fourth-order valence-electron chi connectivity index (χ4n) is 4.98. The minimum atomic E-state index is -1.22. The van der Waals surface area contributed by atoms with Gasteiger partial charge in [-0.25, -0.2) is 13.6 Å². The third-order valence-electron chi connectivity index (χ3n) is 6.88. The van der Waals surface area contributed by atoms with E-state index in [1.54, 1.807) is 35.2 Å². The summed E-state index contributed by atoms with van der Waals surface area (Å²) in [5, 5.41) is 2.92. The lowest BCUT2D eigenvalue weighted by molar-refractivity contribution is -0.135. The quantitative estimate of drug-likeness (QED) is 0.448. The van der Waals surface area contributed by atoms with Crippen LogP contribution in [0.3, 0.4) is 0 Å². The standard InChI is InChI=1S/C27H29F2N3O4/c1-36-16-15-32-25(34)27(30-26(32)35,18-20-3-2-4-23(29)17-20)21-11-13-31(14-12-21)24(33)10-7-19-5-8-22(28)9-6-19/h2-10,17,21H,11-16,18H2,1H3,(H,30,35)/b10-7+/t27-/m1/s1. The zero-order valence-corrected chi connectivity index (χ0v) is 20.1. The van der Waals surface area contributed by atoms with E-state index in [1.807, 2.05) is 0 Å². The molecule has 0 aromatic heterocycles. The molecule has 2 aliphatic heterocycles. The molecule has 0 saturated carbocycles. The van der Waals surface area contributed by atoms with Crippen LogP contribution >= 0.6 is 0 Å². The van der Waals surface area contributed by atoms with E-state index in [1.165, 1.54) is 37.5 Å². The summed E-state index contributed by atoms with van der Waals surface area (Å²) < 4.78 is 32.1. The normalized spacial score (nSPS) is 20.9. The highest BCUT2D eigenvalue weighted by molar-refractivity contribution is 6.07. The van der Waals surface area contributed by atoms with Gasteiger partial charge in [-0.1, -0.05) is 24.3 Å². The minimum Gasteiger partial charge on any atom is -0.383 e. The molecular weight excluding hydrogens is 468 g/mol. The first-order valence-electron chi connectivity index (χ1n) is 11.9. The summed E-state index contributed by atoms with van der Waals surface area (Å²) in [5.74, 6) is -1.53. The van der Waals surface area contributed by atoms with Crippen molar-refractivity contribution in [2.75, 3.05) is 33.4 Å². The Morgan fingerprint density at radius 1 is 1.11 bits per heavy atom. The van der Waals surface area contributed by atoms with E-state index in [9.17, 15) is 23.2 Å². The van der Waals surface area contributed by atoms with Crippen molar-refractivity contribution in [3.63, 3.8) is 0 Å². The number of halogens is 2. The molecule has 7 nitrogen and oxygen atoms in total. The number of amides is 4. The number of urea groups is 1. The maximum atomic E-state index is 13.9. The summed E-state index contributed by atoms with van der Waals surface area (Å²) in [6.45, 7) is 1.15. The number of methoxy groups -OCH3 is 1. The van der Waals surface area contributed by atoms with E-state index in [0.29, 0.717) is 37.1 Å². The number of hydrogen-bond acceptors (Lipinski definition) is 4. The van der Waals surface area contributed by atoms with E-state index < -0.39 is 17.4 Å². The predicted molar refractivity (Wildman–Crippen MR) is 130 cm³/mol. The SMILES string of the molecule is COCCN1C(=O)N[C@](Cc2cccc(F)c2)(C2CCN(C(=O)/C=C/c3ccc(F)cc3)CC2)C1=O. The van der Waals surface area contributed by atoms with Crippen LogP contribution < -0.4 is 5.32 Å². The fraction of sp³-hybridized carbons (Fsp3) is 0.370. The van der Waals surface area contributed by atoms with E-state index in [2.05, 4.69) is 5.32 Å². The Kier molecular flexibility index (Phi) is 7.79. The third-order valence-corrected chi connectivity index (χ3v) is 6.88. The van der Waals surface area contributed by atoms with E-state index in [4.69, 9.17) is 4.74 Å². The monoisotopic (exact) mass is 497 g/mol. The molecule has 36 heavy (non-hydrogen) atoms. The van der Waals surface area contributed by atoms with Crippen molar-refractivity contribution in [3.8, 4) is 0 Å². The zero-order valence-electron chi connectivity index (χ0n) is 20.1. The fourth-order valence-corrected chi connectivity index (χ4v) is 4.98. The Balaban J connectivity index is 1.49. The van der Waals surface area contributed by atoms with Crippen LogP contribution in [0.5, 0.6) is 0 Å². The van der Waals surface area contributed by atoms with Gasteiger partial charge in [0.05, 0.1) is 13.2 Å². The Hall–Kier alpha value is -3.59. The van der Waals surface area contributed by atoms with Gasteiger partial charge in [-0.3, -0.25) is 14.5 Å². The van der Waals surface area contributed by atoms with Crippen molar-refractivity contribution in [1.82, 2.24) is 15.1 Å². The second-order valence-corrected chi connectivity index (χ2v) is 9.14. The number of carbonyl (C=O) groups is 3. The van der Waals surface area contributed by atoms with Crippen molar-refractivity contribution < 1.29 is 27.9 Å². The maximum absolute atomic E-state index is 13.9. The molecule has 2 aromatic rings. The summed E-state index contributed by atoms with van der Waals surface area (Å²) in [6.07, 6.45) is 4.23. The van der Waals surface area contributed by atoms with Gasteiger partial charge in [-0.05, 0) is 60.2 Å². The number of nitrogens with one attached hydrogen (secondary N) is 1. The molecule has 0 radical (unpaired) electrons. The molecule has 4 amide bonds. The van der Waals surface area contributed by atoms with Gasteiger partial charge in [0, 0.05) is 32.7 Å². The van der Waals surface area contributed by atoms with Gasteiger partial charge in [0.15, 0.2) is 0 Å². The number of carbonyl (C=O) groups excluding carboxylic acids is 3. The zero-order chi connectivity index (χ0) is 25.7. The van der Waals surface area contributed by atoms with Crippen molar-refractivity contribution in [2.45, 2.75) is 24.8 Å². The molecule has 2 fully saturated rings. The van der Waals surface area contributed by atoms with Gasteiger partial charge in [0.2, 0.25) is 5.91 Å². The second kappa shape index (κ2) is 11.0. The maximum Gasteiger partial charge on any atom is 0.325 e. The van der Waals surface area contributed by atoms with Crippen LogP contribution in [0.25, 0.3) is 6.08 Å². The molecule has 190 valence electrons. The van der Waals surface area contributed by atoms with Gasteiger partial charge < -0.3 is 15.0 Å². The number of rotatable bonds is 8. The van der Waals surface area contributed by atoms with Crippen LogP contribution in [0.15, 0.2) is 54.6 Å². The molecule has 2 aromatic carbocycles. The van der Waals surface area contributed by atoms with Crippen molar-refractivity contribution in [2.24, 2.45) is 5.92 Å². The Bertz CT molecular complexity index is 1150. The largest absolute Gasteiger partial charge is 0.383 e. The van der Waals surface area contributed by atoms with Crippen molar-refractivity contribution in [3.05, 3.63) is 77.4 Å². The van der Waals surface area contributed by atoms with Crippen LogP contribution in [-0.4, -0.2) is 66.5 Å². The van der Waals surface area contributed by atoms with Gasteiger partial charge in [-0.2, -0.15) is 0 Å². The summed E-state index contributed by atoms with van der Waals surface area (Å²) in [5.41, 5.74) is 0.0969. The topological polar surface area (TPSA) is 79.0 Å². The first kappa shape index (κ1) is 25.5. The van der Waals surface area contributed by atoms with Crippen LogP contribution in [0.4, 0.5) is 13.6 Å². The van der Waals surface area contributed by atoms with Gasteiger partial charge >= 0.3 is 6.03 Å². The van der Waals surface area contributed by atoms with Gasteiger partial charge in [0.25, 0.3) is 5.91 Å². The van der Waals surface area contributed by atoms with Crippen LogP contribution in [0.2, 0.25) is 0 Å². The Labute approximate surface area is 208 Å². The van der Waals surface area contributed by atoms with Crippen LogP contribution in [-0.2, 0) is 20.7 Å². The average molecular weight is 498 g/mol. The molecule has 2 aliphatic rings. The number of benzene rings is 2. The van der Waals surface area contributed by atoms with E-state index in [-0.39, 0.29) is 43.1 Å². The minimum absolute atomic E-state index is 0.123. The number of likely N-dealkylation sites (tertiary alicyclic amines) is 1. The van der Waals surface area contributed by atoms with E-state index in [0.717, 1.165) is 4.90 Å². The second-order valence-electron chi connectivity index (χ2n) is 9.14. The molecule has 0 bridgehead atoms. The average Bonchev–Trinajstić information content (AvgIpc) is 3.11. The van der Waals surface area contributed by atoms with E-state index >= 15 is 0 Å². The molecule has 2 saturated heterocycles. The highest BCUT2D eigenvalue weighted by Gasteiger charge is 2.55. The summed E-state index contributed by atoms with van der Waals surface area (Å²) in [7, 11) is 1.50. The number of imide groups is 1. The molecule has 1 atom stereocenters. The number of hydrogen-bond donors (Lipinski definition) is 1. The van der Waals surface area contributed by atoms with Crippen LogP contribution in [0, 0.1) is 17.6 Å². The van der Waals surface area contributed by atoms with Crippen LogP contribution in [0.1, 0.15) is 24.0 Å². The molecule has 0 spiro atoms. The third kappa shape index (κ3) is 5.46. The highest BCUT2D eigenvalue weighted by atomic mass is 19.1. The Morgan fingerprint density at radius 2 is 1.83 bits per heavy atom. The molecule has 9 heteroatoms. The lowest BCUT2D eigenvalue weighted by atomic mass is 9.74. The summed E-state index contributed by atoms with van der Waals surface area (Å²) in [6, 6.07) is 11.4. The molecule has 0 aliphatic carbocycles. The number of piperidine rings is 1. The molecule has 4 rings (SSSR count). The van der Waals surface area contributed by atoms with Gasteiger partial charge in [0.1, 0.15) is 17.2 Å². The number of ether oxygens (including phenoxy) is 1. The number of nitrogens with zero attached hydrogens (tertiary/aromatic N) is 2. The lowest BCUT2D eigenvalue weighted by Crippen LogP contribution is -2.58. The van der Waals surface area contributed by atoms with Gasteiger partial charge in [-0.15, -0.1) is 0 Å². The smallest absolute Gasteiger partial charge is 0.325 e. The first-order valence-corrected chi connectivity index (χ1v) is 11.9. The highest BCUT2D eigenvalue weighted by Crippen LogP contribution is 2.36.